The Bertz CT molecular complexity index is 1680. The van der Waals surface area contributed by atoms with Gasteiger partial charge in [0.25, 0.3) is 5.91 Å². The number of ether oxygens (including phenoxy) is 1. The zero-order chi connectivity index (χ0) is 33.7. The first-order valence-corrected chi connectivity index (χ1v) is 19.2. The highest BCUT2D eigenvalue weighted by molar-refractivity contribution is 5.94. The predicted molar refractivity (Wildman–Crippen MR) is 186 cm³/mol. The maximum atomic E-state index is 14.3. The number of carboxylic acids is 1. The lowest BCUT2D eigenvalue weighted by Gasteiger charge is -2.55. The van der Waals surface area contributed by atoms with E-state index in [4.69, 9.17) is 4.74 Å². The van der Waals surface area contributed by atoms with Gasteiger partial charge >= 0.3 is 5.97 Å². The van der Waals surface area contributed by atoms with Gasteiger partial charge in [0.05, 0.1) is 5.41 Å². The van der Waals surface area contributed by atoms with Crippen LogP contribution in [0, 0.1) is 51.8 Å². The molecule has 6 aliphatic carbocycles. The Kier molecular flexibility index (Phi) is 7.31. The van der Waals surface area contributed by atoms with Crippen molar-refractivity contribution in [1.82, 2.24) is 9.80 Å². The fraction of sp³-hybridized carbons (Fsp3) is 0.643. The van der Waals surface area contributed by atoms with E-state index in [-0.39, 0.29) is 17.2 Å². The molecule has 2 amide bonds. The van der Waals surface area contributed by atoms with Crippen molar-refractivity contribution in [2.45, 2.75) is 96.4 Å². The summed E-state index contributed by atoms with van der Waals surface area (Å²) in [5.74, 6) is 4.35. The first kappa shape index (κ1) is 31.6. The quantitative estimate of drug-likeness (QED) is 0.339. The molecule has 6 fully saturated rings. The lowest BCUT2D eigenvalue weighted by atomic mass is 9.50. The van der Waals surface area contributed by atoms with E-state index in [9.17, 15) is 19.5 Å². The van der Waals surface area contributed by atoms with Crippen molar-refractivity contribution >= 4 is 17.8 Å². The zero-order valence-corrected chi connectivity index (χ0v) is 29.3. The average Bonchev–Trinajstić information content (AvgIpc) is 3.38. The molecule has 260 valence electrons. The van der Waals surface area contributed by atoms with E-state index in [1.807, 2.05) is 18.2 Å². The standard InChI is InChI=1S/C42H52N2O5/c1-43(2)37(45)29-6-8-35(9-7-29)49-36-10-5-28-11-13-44(24-33(28)18-36)38(46)30-14-27-15-31-21-40(20-27,22-32(31)17-30)41-19-26-4-3-12-42(25-41,39(47)48)34(16-26)23-41/h5-10,18,26-27,30-32,34H,3-4,11-17,19-25H2,1-2H3,(H,47,48). The van der Waals surface area contributed by atoms with Crippen LogP contribution in [0.1, 0.15) is 105 Å². The maximum absolute atomic E-state index is 14.3. The number of aliphatic carboxylic acids is 1. The maximum Gasteiger partial charge on any atom is 0.309 e. The molecule has 7 aliphatic rings. The topological polar surface area (TPSA) is 87.2 Å². The van der Waals surface area contributed by atoms with Crippen molar-refractivity contribution in [1.29, 1.82) is 0 Å². The first-order chi connectivity index (χ1) is 23.6. The molecule has 0 saturated heterocycles. The fourth-order valence-corrected chi connectivity index (χ4v) is 13.4. The Balaban J connectivity index is 0.891. The summed E-state index contributed by atoms with van der Waals surface area (Å²) < 4.78 is 6.20. The van der Waals surface area contributed by atoms with Gasteiger partial charge < -0.3 is 19.6 Å². The van der Waals surface area contributed by atoms with Gasteiger partial charge in [-0.2, -0.15) is 0 Å². The minimum Gasteiger partial charge on any atom is -0.481 e. The van der Waals surface area contributed by atoms with Crippen LogP contribution in [0.3, 0.4) is 0 Å². The third-order valence-electron chi connectivity index (χ3n) is 15.2. The third kappa shape index (κ3) is 4.98. The Hall–Kier alpha value is -3.35. The monoisotopic (exact) mass is 664 g/mol. The second-order valence-electron chi connectivity index (χ2n) is 18.0. The van der Waals surface area contributed by atoms with Gasteiger partial charge in [0, 0.05) is 38.7 Å². The molecule has 0 aromatic heterocycles. The van der Waals surface area contributed by atoms with Crippen molar-refractivity contribution in [2.75, 3.05) is 20.6 Å². The van der Waals surface area contributed by atoms with Crippen molar-refractivity contribution in [3.63, 3.8) is 0 Å². The normalized spacial score (nSPS) is 38.4. The number of hydrogen-bond acceptors (Lipinski definition) is 4. The SMILES string of the molecule is CN(C)C(=O)c1ccc(Oc2ccc3c(c2)CN(C(=O)C2CC4CC5CC(C67CC8CCCC(C(=O)O)(C6)C(C8)C7)(C4)CC5C2)CC3)cc1. The van der Waals surface area contributed by atoms with Gasteiger partial charge in [-0.25, -0.2) is 0 Å². The highest BCUT2D eigenvalue weighted by atomic mass is 16.5. The van der Waals surface area contributed by atoms with E-state index in [0.717, 1.165) is 75.1 Å². The molecule has 9 rings (SSSR count). The molecule has 7 nitrogen and oxygen atoms in total. The molecule has 1 heterocycles. The first-order valence-electron chi connectivity index (χ1n) is 19.2. The second kappa shape index (κ2) is 11.3. The van der Waals surface area contributed by atoms with E-state index in [1.165, 1.54) is 44.1 Å². The van der Waals surface area contributed by atoms with Gasteiger partial charge in [-0.1, -0.05) is 18.9 Å². The summed E-state index contributed by atoms with van der Waals surface area (Å²) in [5, 5.41) is 10.6. The smallest absolute Gasteiger partial charge is 0.309 e. The second-order valence-corrected chi connectivity index (χ2v) is 18.0. The molecule has 6 bridgehead atoms. The average molecular weight is 665 g/mol. The Labute approximate surface area is 290 Å². The number of benzene rings is 2. The summed E-state index contributed by atoms with van der Waals surface area (Å²) in [4.78, 5) is 43.2. The summed E-state index contributed by atoms with van der Waals surface area (Å²) >= 11 is 0. The Morgan fingerprint density at radius 1 is 0.837 bits per heavy atom. The summed E-state index contributed by atoms with van der Waals surface area (Å²) in [7, 11) is 3.49. The van der Waals surface area contributed by atoms with Gasteiger partial charge in [-0.3, -0.25) is 14.4 Å². The van der Waals surface area contributed by atoms with E-state index in [1.54, 1.807) is 31.1 Å². The number of carbonyl (C=O) groups is 3. The number of amides is 2. The molecule has 1 N–H and O–H groups in total. The molecule has 9 unspecified atom stereocenters. The van der Waals surface area contributed by atoms with Crippen LogP contribution in [0.4, 0.5) is 0 Å². The van der Waals surface area contributed by atoms with E-state index < -0.39 is 11.4 Å². The molecule has 6 saturated carbocycles. The van der Waals surface area contributed by atoms with Gasteiger partial charge in [0.15, 0.2) is 0 Å². The number of nitrogens with zero attached hydrogens (tertiary/aromatic N) is 2. The summed E-state index contributed by atoms with van der Waals surface area (Å²) in [5.41, 5.74) is 3.11. The number of carbonyl (C=O) groups excluding carboxylic acids is 2. The van der Waals surface area contributed by atoms with Gasteiger partial charge in [0.1, 0.15) is 11.5 Å². The van der Waals surface area contributed by atoms with Crippen LogP contribution in [-0.2, 0) is 22.6 Å². The van der Waals surface area contributed by atoms with Crippen molar-refractivity contribution < 1.29 is 24.2 Å². The van der Waals surface area contributed by atoms with E-state index in [2.05, 4.69) is 17.0 Å². The predicted octanol–water partition coefficient (Wildman–Crippen LogP) is 7.96. The minimum atomic E-state index is -0.497. The Morgan fingerprint density at radius 2 is 1.59 bits per heavy atom. The molecule has 0 spiro atoms. The van der Waals surface area contributed by atoms with Crippen molar-refractivity contribution in [2.24, 2.45) is 51.8 Å². The number of carboxylic acid groups (broad SMARTS) is 1. The molecule has 9 atom stereocenters. The Morgan fingerprint density at radius 3 is 2.37 bits per heavy atom. The lowest BCUT2D eigenvalue weighted by molar-refractivity contribution is -0.152. The lowest BCUT2D eigenvalue weighted by Crippen LogP contribution is -2.47. The van der Waals surface area contributed by atoms with Gasteiger partial charge in [0.2, 0.25) is 5.91 Å². The van der Waals surface area contributed by atoms with Crippen LogP contribution in [0.25, 0.3) is 0 Å². The molecule has 49 heavy (non-hydrogen) atoms. The van der Waals surface area contributed by atoms with Crippen LogP contribution in [0.5, 0.6) is 11.5 Å². The summed E-state index contributed by atoms with van der Waals surface area (Å²) in [6.45, 7) is 1.40. The molecular weight excluding hydrogens is 612 g/mol. The van der Waals surface area contributed by atoms with Gasteiger partial charge in [-0.15, -0.1) is 0 Å². The molecule has 0 radical (unpaired) electrons. The minimum absolute atomic E-state index is 0.0366. The highest BCUT2D eigenvalue weighted by Gasteiger charge is 2.71. The molecular formula is C42H52N2O5. The van der Waals surface area contributed by atoms with Crippen LogP contribution in [0.2, 0.25) is 0 Å². The van der Waals surface area contributed by atoms with Crippen LogP contribution in [0.15, 0.2) is 42.5 Å². The van der Waals surface area contributed by atoms with Crippen LogP contribution in [-0.4, -0.2) is 53.3 Å². The summed E-state index contributed by atoms with van der Waals surface area (Å²) in [6.07, 6.45) is 15.7. The van der Waals surface area contributed by atoms with Crippen LogP contribution < -0.4 is 4.74 Å². The third-order valence-corrected chi connectivity index (χ3v) is 15.2. The fourth-order valence-electron chi connectivity index (χ4n) is 13.4. The number of hydrogen-bond donors (Lipinski definition) is 1. The van der Waals surface area contributed by atoms with Gasteiger partial charge in [-0.05, 0) is 165 Å². The van der Waals surface area contributed by atoms with Crippen LogP contribution >= 0.6 is 0 Å². The molecule has 2 aromatic carbocycles. The number of fused-ring (bicyclic) bond motifs is 6. The van der Waals surface area contributed by atoms with Crippen molar-refractivity contribution in [3.8, 4) is 11.5 Å². The molecule has 7 heteroatoms. The zero-order valence-electron chi connectivity index (χ0n) is 29.3. The molecule has 1 aliphatic heterocycles. The van der Waals surface area contributed by atoms with E-state index >= 15 is 0 Å². The highest BCUT2D eigenvalue weighted by Crippen LogP contribution is 2.78. The summed E-state index contributed by atoms with van der Waals surface area (Å²) in [6, 6.07) is 13.5. The number of rotatable bonds is 6. The van der Waals surface area contributed by atoms with E-state index in [0.29, 0.717) is 52.9 Å². The van der Waals surface area contributed by atoms with Crippen molar-refractivity contribution in [3.05, 3.63) is 59.2 Å². The molecule has 2 aromatic rings. The largest absolute Gasteiger partial charge is 0.481 e.